The molecule has 0 bridgehead atoms. The number of halogens is 1. The number of rotatable bonds is 6. The maximum absolute atomic E-state index is 12.3. The second kappa shape index (κ2) is 6.29. The molecule has 1 aromatic carbocycles. The number of carbonyl (C=O) groups is 1. The molecule has 3 rings (SSSR count). The lowest BCUT2D eigenvalue weighted by Gasteiger charge is -2.01. The summed E-state index contributed by atoms with van der Waals surface area (Å²) >= 11 is 5.84. The Balaban J connectivity index is 1.66. The largest absolute Gasteiger partial charge is 0.411 e. The van der Waals surface area contributed by atoms with E-state index in [1.54, 1.807) is 24.3 Å². The second-order valence-electron chi connectivity index (χ2n) is 5.34. The van der Waals surface area contributed by atoms with Gasteiger partial charge in [-0.2, -0.15) is 0 Å². The molecule has 1 aliphatic rings. The van der Waals surface area contributed by atoms with Crippen molar-refractivity contribution in [1.29, 1.82) is 0 Å². The van der Waals surface area contributed by atoms with Crippen molar-refractivity contribution in [3.05, 3.63) is 40.7 Å². The molecule has 0 unspecified atom stereocenters. The molecule has 7 nitrogen and oxygen atoms in total. The molecule has 0 radical (unpaired) electrons. The fraction of sp³-hybridized carbons (Fsp3) is 0.357. The van der Waals surface area contributed by atoms with E-state index >= 15 is 0 Å². The van der Waals surface area contributed by atoms with Gasteiger partial charge < -0.3 is 9.73 Å². The molecule has 2 aromatic rings. The number of aromatic nitrogens is 2. The van der Waals surface area contributed by atoms with Gasteiger partial charge in [-0.3, -0.25) is 4.79 Å². The molecule has 0 saturated heterocycles. The first kappa shape index (κ1) is 15.9. The number of hydrogen-bond donors (Lipinski definition) is 1. The molecule has 1 saturated carbocycles. The highest BCUT2D eigenvalue weighted by Crippen LogP contribution is 2.28. The van der Waals surface area contributed by atoms with Gasteiger partial charge in [-0.15, -0.1) is 5.10 Å². The number of nitrogens with one attached hydrogen (secondary N) is 1. The molecule has 1 N–H and O–H groups in total. The van der Waals surface area contributed by atoms with Crippen molar-refractivity contribution in [3.8, 4) is 0 Å². The minimum absolute atomic E-state index is 0.0228. The van der Waals surface area contributed by atoms with E-state index in [9.17, 15) is 13.2 Å². The SMILES string of the molecule is O=C(NCc1nnc(S(=O)(=O)Cc2cccc(Cl)c2)o1)C1CC1. The quantitative estimate of drug-likeness (QED) is 0.846. The molecule has 0 spiro atoms. The molecule has 0 aliphatic heterocycles. The summed E-state index contributed by atoms with van der Waals surface area (Å²) in [5, 5.41) is 9.83. The van der Waals surface area contributed by atoms with Crippen molar-refractivity contribution in [2.45, 2.75) is 30.4 Å². The first-order valence-corrected chi connectivity index (χ1v) is 9.04. The lowest BCUT2D eigenvalue weighted by atomic mass is 10.2. The highest BCUT2D eigenvalue weighted by Gasteiger charge is 2.30. The van der Waals surface area contributed by atoms with Crippen LogP contribution >= 0.6 is 11.6 Å². The van der Waals surface area contributed by atoms with Crippen LogP contribution < -0.4 is 5.32 Å². The van der Waals surface area contributed by atoms with Crippen LogP contribution in [-0.2, 0) is 26.9 Å². The minimum Gasteiger partial charge on any atom is -0.411 e. The Morgan fingerprint density at radius 3 is 2.83 bits per heavy atom. The summed E-state index contributed by atoms with van der Waals surface area (Å²) in [6, 6.07) is 6.54. The third kappa shape index (κ3) is 4.08. The van der Waals surface area contributed by atoms with Crippen LogP contribution in [0, 0.1) is 5.92 Å². The molecule has 122 valence electrons. The number of amides is 1. The summed E-state index contributed by atoms with van der Waals surface area (Å²) in [6.45, 7) is 0.0228. The van der Waals surface area contributed by atoms with Crippen molar-refractivity contribution in [1.82, 2.24) is 15.5 Å². The van der Waals surface area contributed by atoms with E-state index in [0.717, 1.165) is 12.8 Å². The van der Waals surface area contributed by atoms with E-state index < -0.39 is 15.1 Å². The van der Waals surface area contributed by atoms with E-state index in [-0.39, 0.29) is 30.0 Å². The monoisotopic (exact) mass is 355 g/mol. The Kier molecular flexibility index (Phi) is 4.36. The fourth-order valence-corrected chi connectivity index (χ4v) is 3.34. The maximum Gasteiger partial charge on any atom is 0.335 e. The van der Waals surface area contributed by atoms with Crippen molar-refractivity contribution >= 4 is 27.3 Å². The van der Waals surface area contributed by atoms with Gasteiger partial charge >= 0.3 is 5.22 Å². The summed E-state index contributed by atoms with van der Waals surface area (Å²) in [5.74, 6) is -0.247. The van der Waals surface area contributed by atoms with Crippen LogP contribution in [0.1, 0.15) is 24.3 Å². The first-order valence-electron chi connectivity index (χ1n) is 7.01. The smallest absolute Gasteiger partial charge is 0.335 e. The van der Waals surface area contributed by atoms with Gasteiger partial charge in [0, 0.05) is 10.9 Å². The molecule has 1 heterocycles. The maximum atomic E-state index is 12.3. The summed E-state index contributed by atoms with van der Waals surface area (Å²) in [6.07, 6.45) is 1.77. The standard InChI is InChI=1S/C14H14ClN3O4S/c15-11-3-1-2-9(6-11)8-23(20,21)14-18-17-12(22-14)7-16-13(19)10-4-5-10/h1-3,6,10H,4-5,7-8H2,(H,16,19). The molecule has 1 fully saturated rings. The van der Waals surface area contributed by atoms with E-state index in [4.69, 9.17) is 16.0 Å². The normalized spacial score (nSPS) is 14.7. The summed E-state index contributed by atoms with van der Waals surface area (Å²) in [7, 11) is -3.76. The minimum atomic E-state index is -3.76. The lowest BCUT2D eigenvalue weighted by Crippen LogP contribution is -2.24. The van der Waals surface area contributed by atoms with Gasteiger partial charge in [0.15, 0.2) is 0 Å². The average molecular weight is 356 g/mol. The van der Waals surface area contributed by atoms with E-state index in [0.29, 0.717) is 10.6 Å². The Labute approximate surface area is 138 Å². The van der Waals surface area contributed by atoms with Gasteiger partial charge in [-0.1, -0.05) is 28.8 Å². The van der Waals surface area contributed by atoms with Gasteiger partial charge in [-0.05, 0) is 30.5 Å². The van der Waals surface area contributed by atoms with Crippen molar-refractivity contribution in [2.75, 3.05) is 0 Å². The highest BCUT2D eigenvalue weighted by atomic mass is 35.5. The van der Waals surface area contributed by atoms with Crippen LogP contribution in [0.4, 0.5) is 0 Å². The molecule has 1 aromatic heterocycles. The Morgan fingerprint density at radius 2 is 2.13 bits per heavy atom. The molecular formula is C14H14ClN3O4S. The predicted molar refractivity (Wildman–Crippen MR) is 81.2 cm³/mol. The second-order valence-corrected chi connectivity index (χ2v) is 7.65. The van der Waals surface area contributed by atoms with Crippen LogP contribution in [0.2, 0.25) is 5.02 Å². The Bertz CT molecular complexity index is 830. The van der Waals surface area contributed by atoms with Gasteiger partial charge in [-0.25, -0.2) is 8.42 Å². The number of benzene rings is 1. The summed E-state index contributed by atoms with van der Waals surface area (Å²) < 4.78 is 29.7. The number of carbonyl (C=O) groups excluding carboxylic acids is 1. The third-order valence-electron chi connectivity index (χ3n) is 3.32. The fourth-order valence-electron chi connectivity index (χ4n) is 2.00. The van der Waals surface area contributed by atoms with Crippen molar-refractivity contribution < 1.29 is 17.6 Å². The molecule has 1 amide bonds. The van der Waals surface area contributed by atoms with Gasteiger partial charge in [0.05, 0.1) is 12.3 Å². The summed E-state index contributed by atoms with van der Waals surface area (Å²) in [4.78, 5) is 11.5. The van der Waals surface area contributed by atoms with Crippen LogP contribution in [0.3, 0.4) is 0 Å². The molecule has 1 aliphatic carbocycles. The van der Waals surface area contributed by atoms with Gasteiger partial charge in [0.25, 0.3) is 0 Å². The zero-order valence-electron chi connectivity index (χ0n) is 12.0. The molecule has 23 heavy (non-hydrogen) atoms. The Hall–Kier alpha value is -1.93. The van der Waals surface area contributed by atoms with Crippen molar-refractivity contribution in [2.24, 2.45) is 5.92 Å². The number of sulfone groups is 1. The summed E-state index contributed by atoms with van der Waals surface area (Å²) in [5.41, 5.74) is 0.527. The van der Waals surface area contributed by atoms with Gasteiger partial charge in [0.2, 0.25) is 21.6 Å². The van der Waals surface area contributed by atoms with Crippen LogP contribution in [-0.4, -0.2) is 24.5 Å². The molecule has 9 heteroatoms. The zero-order chi connectivity index (χ0) is 16.4. The zero-order valence-corrected chi connectivity index (χ0v) is 13.6. The van der Waals surface area contributed by atoms with Crippen molar-refractivity contribution in [3.63, 3.8) is 0 Å². The van der Waals surface area contributed by atoms with Crippen LogP contribution in [0.15, 0.2) is 33.9 Å². The van der Waals surface area contributed by atoms with Crippen LogP contribution in [0.25, 0.3) is 0 Å². The van der Waals surface area contributed by atoms with E-state index in [2.05, 4.69) is 15.5 Å². The van der Waals surface area contributed by atoms with E-state index in [1.807, 2.05) is 0 Å². The molecule has 0 atom stereocenters. The van der Waals surface area contributed by atoms with Gasteiger partial charge in [0.1, 0.15) is 0 Å². The predicted octanol–water partition coefficient (Wildman–Crippen LogP) is 1.72. The number of hydrogen-bond acceptors (Lipinski definition) is 6. The first-order chi connectivity index (χ1) is 10.9. The molecular weight excluding hydrogens is 342 g/mol. The topological polar surface area (TPSA) is 102 Å². The Morgan fingerprint density at radius 1 is 1.35 bits per heavy atom. The van der Waals surface area contributed by atoms with Crippen LogP contribution in [0.5, 0.6) is 0 Å². The highest BCUT2D eigenvalue weighted by molar-refractivity contribution is 7.90. The third-order valence-corrected chi connectivity index (χ3v) is 4.97. The average Bonchev–Trinajstić information content (AvgIpc) is 3.22. The number of nitrogens with zero attached hydrogens (tertiary/aromatic N) is 2. The van der Waals surface area contributed by atoms with E-state index in [1.165, 1.54) is 0 Å². The lowest BCUT2D eigenvalue weighted by molar-refractivity contribution is -0.122.